The quantitative estimate of drug-likeness (QED) is 0.285. The molecule has 1 aromatic carbocycles. The summed E-state index contributed by atoms with van der Waals surface area (Å²) in [6.45, 7) is 1.89. The van der Waals surface area contributed by atoms with Crippen molar-refractivity contribution in [3.8, 4) is 5.69 Å². The lowest BCUT2D eigenvalue weighted by Crippen LogP contribution is -2.27. The number of hydrogen-bond acceptors (Lipinski definition) is 9. The maximum absolute atomic E-state index is 12.1. The Labute approximate surface area is 186 Å². The average molecular weight is 511 g/mol. The van der Waals surface area contributed by atoms with Crippen molar-refractivity contribution in [3.63, 3.8) is 0 Å². The standard InChI is InChI=1S/C17H15BrN6O4S2/c1-2-28-15(27)14-23-24(11-5-3-10(18)4-6-11)17(30-14)22-21-13(26)9-12(25)20-16-19-7-8-29-16/h3-8H,2,9H2,1H3,(H,21,26)(H,19,20,25)/b22-17-. The van der Waals surface area contributed by atoms with E-state index in [1.807, 2.05) is 0 Å². The lowest BCUT2D eigenvalue weighted by Gasteiger charge is -2.02. The fourth-order valence-electron chi connectivity index (χ4n) is 2.12. The summed E-state index contributed by atoms with van der Waals surface area (Å²) in [5.41, 5.74) is 2.94. The van der Waals surface area contributed by atoms with Gasteiger partial charge in [0.15, 0.2) is 5.13 Å². The van der Waals surface area contributed by atoms with Crippen molar-refractivity contribution in [3.05, 3.63) is 50.1 Å². The number of amides is 2. The summed E-state index contributed by atoms with van der Waals surface area (Å²) >= 11 is 5.55. The molecule has 0 saturated heterocycles. The van der Waals surface area contributed by atoms with Gasteiger partial charge in [-0.05, 0) is 31.2 Å². The summed E-state index contributed by atoms with van der Waals surface area (Å²) in [5.74, 6) is -1.74. The Morgan fingerprint density at radius 3 is 2.67 bits per heavy atom. The lowest BCUT2D eigenvalue weighted by molar-refractivity contribution is -0.126. The molecular formula is C17H15BrN6O4S2. The second-order valence-corrected chi connectivity index (χ2v) is 8.27. The lowest BCUT2D eigenvalue weighted by atomic mass is 10.3. The number of benzene rings is 1. The zero-order valence-corrected chi connectivity index (χ0v) is 18.7. The first kappa shape index (κ1) is 21.8. The van der Waals surface area contributed by atoms with E-state index in [9.17, 15) is 14.4 Å². The van der Waals surface area contributed by atoms with Crippen molar-refractivity contribution >= 4 is 61.5 Å². The van der Waals surface area contributed by atoms with E-state index in [2.05, 4.69) is 41.9 Å². The van der Waals surface area contributed by atoms with Crippen molar-refractivity contribution < 1.29 is 19.1 Å². The molecule has 0 aliphatic heterocycles. The highest BCUT2D eigenvalue weighted by atomic mass is 79.9. The number of nitrogens with zero attached hydrogens (tertiary/aromatic N) is 4. The molecule has 0 spiro atoms. The van der Waals surface area contributed by atoms with Crippen LogP contribution in [0.15, 0.2) is 45.4 Å². The summed E-state index contributed by atoms with van der Waals surface area (Å²) in [6.07, 6.45) is 1.10. The van der Waals surface area contributed by atoms with Crippen LogP contribution in [0.25, 0.3) is 5.69 Å². The van der Waals surface area contributed by atoms with Crippen LogP contribution in [0.2, 0.25) is 0 Å². The predicted molar refractivity (Wildman–Crippen MR) is 114 cm³/mol. The van der Waals surface area contributed by atoms with Gasteiger partial charge in [0.05, 0.1) is 12.3 Å². The van der Waals surface area contributed by atoms with Crippen LogP contribution >= 0.6 is 38.6 Å². The Hall–Kier alpha value is -2.90. The maximum atomic E-state index is 12.1. The monoisotopic (exact) mass is 510 g/mol. The topological polar surface area (TPSA) is 128 Å². The molecule has 2 N–H and O–H groups in total. The fraction of sp³-hybridized carbons (Fsp3) is 0.176. The molecule has 2 aromatic heterocycles. The van der Waals surface area contributed by atoms with Gasteiger partial charge in [0, 0.05) is 16.0 Å². The number of ether oxygens (including phenoxy) is 1. The Morgan fingerprint density at radius 1 is 1.23 bits per heavy atom. The van der Waals surface area contributed by atoms with E-state index in [0.717, 1.165) is 15.8 Å². The van der Waals surface area contributed by atoms with Crippen LogP contribution in [0.1, 0.15) is 23.1 Å². The SMILES string of the molecule is CCOC(=O)c1nn(-c2ccc(Br)cc2)/c(=N/NC(=O)CC(=O)Nc2nccs2)s1. The molecule has 3 rings (SSSR count). The molecule has 0 aliphatic rings. The minimum Gasteiger partial charge on any atom is -0.461 e. The highest BCUT2D eigenvalue weighted by Crippen LogP contribution is 2.14. The molecule has 0 fully saturated rings. The summed E-state index contributed by atoms with van der Waals surface area (Å²) in [7, 11) is 0. The van der Waals surface area contributed by atoms with Gasteiger partial charge in [0.25, 0.3) is 0 Å². The Morgan fingerprint density at radius 2 is 2.00 bits per heavy atom. The Bertz CT molecular complexity index is 1110. The smallest absolute Gasteiger partial charge is 0.369 e. The third kappa shape index (κ3) is 5.81. The summed E-state index contributed by atoms with van der Waals surface area (Å²) in [5, 5.41) is 13.0. The molecule has 0 bridgehead atoms. The van der Waals surface area contributed by atoms with Crippen LogP contribution in [0.3, 0.4) is 0 Å². The van der Waals surface area contributed by atoms with Crippen LogP contribution in [0.5, 0.6) is 0 Å². The number of aromatic nitrogens is 3. The minimum absolute atomic E-state index is 0.0780. The largest absolute Gasteiger partial charge is 0.461 e. The van der Waals surface area contributed by atoms with Crippen LogP contribution in [-0.4, -0.2) is 39.2 Å². The second kappa shape index (κ2) is 10.2. The first-order chi connectivity index (χ1) is 14.5. The van der Waals surface area contributed by atoms with E-state index in [0.29, 0.717) is 10.8 Å². The molecule has 0 aliphatic carbocycles. The van der Waals surface area contributed by atoms with Gasteiger partial charge in [-0.3, -0.25) is 9.59 Å². The highest BCUT2D eigenvalue weighted by molar-refractivity contribution is 9.10. The number of halogens is 1. The number of anilines is 1. The normalized spacial score (nSPS) is 11.2. The van der Waals surface area contributed by atoms with Gasteiger partial charge in [0.2, 0.25) is 21.6 Å². The zero-order valence-electron chi connectivity index (χ0n) is 15.5. The number of nitrogens with one attached hydrogen (secondary N) is 2. The fourth-order valence-corrected chi connectivity index (χ4v) is 3.69. The number of carbonyl (C=O) groups is 3. The molecule has 13 heteroatoms. The molecule has 156 valence electrons. The molecule has 2 heterocycles. The molecule has 0 radical (unpaired) electrons. The minimum atomic E-state index is -0.627. The molecule has 30 heavy (non-hydrogen) atoms. The van der Waals surface area contributed by atoms with Crippen molar-refractivity contribution in [2.45, 2.75) is 13.3 Å². The number of hydrogen-bond donors (Lipinski definition) is 2. The first-order valence-electron chi connectivity index (χ1n) is 8.51. The highest BCUT2D eigenvalue weighted by Gasteiger charge is 2.16. The molecule has 0 unspecified atom stereocenters. The van der Waals surface area contributed by atoms with Gasteiger partial charge in [-0.1, -0.05) is 27.3 Å². The maximum Gasteiger partial charge on any atom is 0.369 e. The summed E-state index contributed by atoms with van der Waals surface area (Å²) in [6, 6.07) is 7.14. The number of esters is 1. The molecule has 0 atom stereocenters. The van der Waals surface area contributed by atoms with Gasteiger partial charge in [-0.25, -0.2) is 19.9 Å². The van der Waals surface area contributed by atoms with Gasteiger partial charge in [0.1, 0.15) is 6.42 Å². The van der Waals surface area contributed by atoms with Gasteiger partial charge in [-0.15, -0.1) is 21.5 Å². The van der Waals surface area contributed by atoms with E-state index < -0.39 is 24.2 Å². The summed E-state index contributed by atoms with van der Waals surface area (Å²) in [4.78, 5) is 40.2. The van der Waals surface area contributed by atoms with Gasteiger partial charge < -0.3 is 10.1 Å². The van der Waals surface area contributed by atoms with Crippen LogP contribution in [-0.2, 0) is 14.3 Å². The van der Waals surface area contributed by atoms with E-state index in [1.165, 1.54) is 16.0 Å². The van der Waals surface area contributed by atoms with E-state index in [-0.39, 0.29) is 16.4 Å². The van der Waals surface area contributed by atoms with Crippen molar-refractivity contribution in [2.75, 3.05) is 11.9 Å². The van der Waals surface area contributed by atoms with Crippen molar-refractivity contribution in [1.82, 2.24) is 20.2 Å². The molecule has 10 nitrogen and oxygen atoms in total. The molecular weight excluding hydrogens is 496 g/mol. The van der Waals surface area contributed by atoms with E-state index >= 15 is 0 Å². The number of thiazole rings is 1. The third-order valence-electron chi connectivity index (χ3n) is 3.36. The first-order valence-corrected chi connectivity index (χ1v) is 11.0. The van der Waals surface area contributed by atoms with Gasteiger partial charge in [-0.2, -0.15) is 0 Å². The van der Waals surface area contributed by atoms with Crippen LogP contribution < -0.4 is 15.5 Å². The Balaban J connectivity index is 1.79. The van der Waals surface area contributed by atoms with Crippen LogP contribution in [0.4, 0.5) is 5.13 Å². The molecule has 2 amide bonds. The van der Waals surface area contributed by atoms with E-state index in [1.54, 1.807) is 42.8 Å². The predicted octanol–water partition coefficient (Wildman–Crippen LogP) is 2.29. The zero-order chi connectivity index (χ0) is 21.5. The average Bonchev–Trinajstić information content (AvgIpc) is 3.37. The van der Waals surface area contributed by atoms with Gasteiger partial charge >= 0.3 is 5.97 Å². The number of carbonyl (C=O) groups excluding carboxylic acids is 3. The van der Waals surface area contributed by atoms with Crippen molar-refractivity contribution in [2.24, 2.45) is 5.10 Å². The number of rotatable bonds is 7. The van der Waals surface area contributed by atoms with Crippen LogP contribution in [0, 0.1) is 0 Å². The molecule has 3 aromatic rings. The molecule has 0 saturated carbocycles. The second-order valence-electron chi connectivity index (χ2n) is 5.51. The van der Waals surface area contributed by atoms with Crippen molar-refractivity contribution in [1.29, 1.82) is 0 Å². The Kier molecular flexibility index (Phi) is 7.43. The van der Waals surface area contributed by atoms with E-state index in [4.69, 9.17) is 4.74 Å². The third-order valence-corrected chi connectivity index (χ3v) is 5.46. The summed E-state index contributed by atoms with van der Waals surface area (Å²) < 4.78 is 7.25.